The summed E-state index contributed by atoms with van der Waals surface area (Å²) in [7, 11) is -4.19. The van der Waals surface area contributed by atoms with Gasteiger partial charge in [0.2, 0.25) is 0 Å². The zero-order valence-corrected chi connectivity index (χ0v) is 26.3. The number of nitrogens with two attached hydrogens (primary N) is 1. The molecule has 1 amide bonds. The summed E-state index contributed by atoms with van der Waals surface area (Å²) >= 11 is 0. The van der Waals surface area contributed by atoms with Crippen LogP contribution in [0.1, 0.15) is 72.9 Å². The average molecular weight is 644 g/mol. The number of aliphatic hydroxyl groups is 1. The molecule has 10 nitrogen and oxygen atoms in total. The highest BCUT2D eigenvalue weighted by molar-refractivity contribution is 7.86. The molecule has 3 aromatic carbocycles. The fourth-order valence-electron chi connectivity index (χ4n) is 5.79. The van der Waals surface area contributed by atoms with E-state index in [-0.39, 0.29) is 28.3 Å². The van der Waals surface area contributed by atoms with E-state index < -0.39 is 27.6 Å². The lowest BCUT2D eigenvalue weighted by atomic mass is 9.84. The predicted octanol–water partition coefficient (Wildman–Crippen LogP) is 6.25. The molecule has 0 bridgehead atoms. The smallest absolute Gasteiger partial charge is 0.358 e. The van der Waals surface area contributed by atoms with Crippen molar-refractivity contribution >= 4 is 38.6 Å². The number of rotatable bonds is 9. The number of ether oxygens (including phenoxy) is 1. The van der Waals surface area contributed by atoms with Crippen molar-refractivity contribution < 1.29 is 32.4 Å². The van der Waals surface area contributed by atoms with Gasteiger partial charge in [0.05, 0.1) is 11.1 Å². The highest BCUT2D eigenvalue weighted by Crippen LogP contribution is 2.43. The molecular formula is C35H37N3O7S. The molecule has 5 N–H and O–H groups in total. The molecule has 11 heteroatoms. The maximum Gasteiger partial charge on any atom is 0.358 e. The number of anilines is 1. The minimum atomic E-state index is -4.19. The number of aromatic nitrogens is 1. The van der Waals surface area contributed by atoms with Crippen LogP contribution in [0.5, 0.6) is 0 Å². The van der Waals surface area contributed by atoms with E-state index in [1.54, 1.807) is 36.4 Å². The Balaban J connectivity index is 0.000000247. The van der Waals surface area contributed by atoms with Crippen LogP contribution in [0.3, 0.4) is 0 Å². The van der Waals surface area contributed by atoms with Crippen LogP contribution < -0.4 is 11.1 Å². The molecule has 1 aliphatic heterocycles. The predicted molar refractivity (Wildman–Crippen MR) is 175 cm³/mol. The normalized spacial score (nSPS) is 18.0. The molecule has 240 valence electrons. The van der Waals surface area contributed by atoms with Gasteiger partial charge in [0.15, 0.2) is 5.70 Å². The number of amides is 1. The van der Waals surface area contributed by atoms with Crippen molar-refractivity contribution in [3.05, 3.63) is 113 Å². The van der Waals surface area contributed by atoms with Crippen molar-refractivity contribution in [1.82, 2.24) is 10.3 Å². The Morgan fingerprint density at radius 2 is 1.74 bits per heavy atom. The molecule has 1 unspecified atom stereocenters. The zero-order valence-electron chi connectivity index (χ0n) is 25.5. The number of aryl methyl sites for hydroxylation is 1. The van der Waals surface area contributed by atoms with Gasteiger partial charge >= 0.3 is 5.97 Å². The first-order valence-electron chi connectivity index (χ1n) is 15.2. The van der Waals surface area contributed by atoms with Crippen LogP contribution in [0.25, 0.3) is 10.9 Å². The van der Waals surface area contributed by atoms with Gasteiger partial charge in [-0.05, 0) is 67.3 Å². The number of carbonyl (C=O) groups excluding carboxylic acids is 2. The zero-order chi connectivity index (χ0) is 32.9. The molecule has 46 heavy (non-hydrogen) atoms. The van der Waals surface area contributed by atoms with Crippen molar-refractivity contribution in [2.24, 2.45) is 0 Å². The van der Waals surface area contributed by atoms with E-state index >= 15 is 0 Å². The Bertz CT molecular complexity index is 1880. The number of hydrogen-bond acceptors (Lipinski definition) is 8. The van der Waals surface area contributed by atoms with Gasteiger partial charge in [-0.1, -0.05) is 74.0 Å². The second-order valence-corrected chi connectivity index (χ2v) is 13.0. The molecule has 1 saturated carbocycles. The Kier molecular flexibility index (Phi) is 9.74. The number of nitrogens with one attached hydrogen (secondary N) is 1. The number of fused-ring (bicyclic) bond motifs is 1. The van der Waals surface area contributed by atoms with Gasteiger partial charge in [-0.2, -0.15) is 8.42 Å². The van der Waals surface area contributed by atoms with Crippen LogP contribution >= 0.6 is 0 Å². The van der Waals surface area contributed by atoms with Gasteiger partial charge < -0.3 is 20.9 Å². The van der Waals surface area contributed by atoms with Crippen LogP contribution in [0.4, 0.5) is 5.69 Å². The minimum Gasteiger partial charge on any atom is -0.510 e. The third-order valence-corrected chi connectivity index (χ3v) is 9.11. The molecule has 1 aliphatic carbocycles. The van der Waals surface area contributed by atoms with E-state index in [0.717, 1.165) is 36.8 Å². The monoisotopic (exact) mass is 643 g/mol. The maximum atomic E-state index is 12.9. The average Bonchev–Trinajstić information content (AvgIpc) is 3.88. The summed E-state index contributed by atoms with van der Waals surface area (Å²) in [4.78, 5) is 29.5. The molecule has 2 aliphatic rings. The van der Waals surface area contributed by atoms with E-state index in [0.29, 0.717) is 35.4 Å². The Morgan fingerprint density at radius 3 is 2.41 bits per heavy atom. The summed E-state index contributed by atoms with van der Waals surface area (Å²) in [5.41, 5.74) is 8.37. The number of benzene rings is 3. The topological polar surface area (TPSA) is 169 Å². The van der Waals surface area contributed by atoms with Gasteiger partial charge in [0, 0.05) is 23.7 Å². The van der Waals surface area contributed by atoms with E-state index in [1.165, 1.54) is 12.3 Å². The van der Waals surface area contributed by atoms with Crippen molar-refractivity contribution in [3.8, 4) is 0 Å². The molecule has 1 aromatic heterocycles. The van der Waals surface area contributed by atoms with E-state index in [9.17, 15) is 23.1 Å². The fraction of sp³-hybridized carbons (Fsp3) is 0.286. The molecular weight excluding hydrogens is 606 g/mol. The lowest BCUT2D eigenvalue weighted by Gasteiger charge is -2.37. The second-order valence-electron chi connectivity index (χ2n) is 11.6. The number of aliphatic hydroxyl groups excluding tert-OH is 1. The highest BCUT2D eigenvalue weighted by Gasteiger charge is 2.42. The molecule has 2 heterocycles. The minimum absolute atomic E-state index is 0.145. The van der Waals surface area contributed by atoms with Crippen LogP contribution in [0, 0.1) is 0 Å². The standard InChI is InChI=1S/C26H30N2O4.C9H7NO3S/c1-2-14-26(15-13-17-7-4-3-5-8-17)16-21(29)23(25(31)32-26)28-24(30)20-10-6-9-19(22(20)27)18-11-12-18;11-14(12,13)8-5-1-3-7-4-2-6-10-9(7)8/h3-10,18,29H,2,11-16,27H2,1H3,(H,28,30);1-6H,(H,11,12,13). The van der Waals surface area contributed by atoms with Crippen molar-refractivity contribution in [2.45, 2.75) is 68.3 Å². The lowest BCUT2D eigenvalue weighted by molar-refractivity contribution is -0.161. The quantitative estimate of drug-likeness (QED) is 0.0936. The number of nitrogens with zero attached hydrogens (tertiary/aromatic N) is 1. The summed E-state index contributed by atoms with van der Waals surface area (Å²) in [6.07, 6.45) is 6.55. The number of carbonyl (C=O) groups is 2. The summed E-state index contributed by atoms with van der Waals surface area (Å²) in [5.74, 6) is -0.973. The molecule has 1 fully saturated rings. The molecule has 6 rings (SSSR count). The summed E-state index contributed by atoms with van der Waals surface area (Å²) in [6.45, 7) is 2.02. The van der Waals surface area contributed by atoms with Crippen LogP contribution in [-0.4, -0.2) is 40.5 Å². The molecule has 0 radical (unpaired) electrons. The molecule has 0 spiro atoms. The summed E-state index contributed by atoms with van der Waals surface area (Å²) in [5, 5.41) is 14.0. The number of cyclic esters (lactones) is 1. The van der Waals surface area contributed by atoms with E-state index in [1.807, 2.05) is 43.3 Å². The van der Waals surface area contributed by atoms with E-state index in [4.69, 9.17) is 15.0 Å². The Hall–Kier alpha value is -4.74. The van der Waals surface area contributed by atoms with Gasteiger partial charge in [-0.3, -0.25) is 14.3 Å². The SMILES string of the molecule is CCCC1(CCc2ccccc2)CC(O)=C(NC(=O)c2cccc(C3CC3)c2N)C(=O)O1.O=S(=O)(O)c1cccc2cccnc12. The van der Waals surface area contributed by atoms with Crippen LogP contribution in [-0.2, 0) is 26.1 Å². The largest absolute Gasteiger partial charge is 0.510 e. The van der Waals surface area contributed by atoms with Gasteiger partial charge in [0.1, 0.15) is 16.3 Å². The molecule has 1 atom stereocenters. The van der Waals surface area contributed by atoms with Crippen molar-refractivity contribution in [1.29, 1.82) is 0 Å². The van der Waals surface area contributed by atoms with Gasteiger partial charge in [-0.15, -0.1) is 0 Å². The Labute approximate surface area is 268 Å². The maximum absolute atomic E-state index is 12.9. The summed E-state index contributed by atoms with van der Waals surface area (Å²) in [6, 6.07) is 23.4. The first kappa shape index (κ1) is 32.6. The number of hydrogen-bond donors (Lipinski definition) is 4. The first-order valence-corrected chi connectivity index (χ1v) is 16.7. The third kappa shape index (κ3) is 7.55. The van der Waals surface area contributed by atoms with Crippen LogP contribution in [0.2, 0.25) is 0 Å². The third-order valence-electron chi connectivity index (χ3n) is 8.22. The van der Waals surface area contributed by atoms with E-state index in [2.05, 4.69) is 10.3 Å². The number of pyridine rings is 1. The number of para-hydroxylation sites is 2. The van der Waals surface area contributed by atoms with Gasteiger partial charge in [-0.25, -0.2) is 4.79 Å². The summed E-state index contributed by atoms with van der Waals surface area (Å²) < 4.78 is 36.7. The van der Waals surface area contributed by atoms with Gasteiger partial charge in [0.25, 0.3) is 16.0 Å². The number of esters is 1. The second kappa shape index (κ2) is 13.7. The number of nitrogen functional groups attached to an aromatic ring is 1. The lowest BCUT2D eigenvalue weighted by Crippen LogP contribution is -2.44. The van der Waals surface area contributed by atoms with Crippen molar-refractivity contribution in [3.63, 3.8) is 0 Å². The molecule has 4 aromatic rings. The van der Waals surface area contributed by atoms with Crippen LogP contribution in [0.15, 0.2) is 101 Å². The van der Waals surface area contributed by atoms with Crippen molar-refractivity contribution in [2.75, 3.05) is 5.73 Å². The molecule has 0 saturated heterocycles. The first-order chi connectivity index (χ1) is 22.0. The highest BCUT2D eigenvalue weighted by atomic mass is 32.2. The fourth-order valence-corrected chi connectivity index (χ4v) is 6.46. The Morgan fingerprint density at radius 1 is 1.02 bits per heavy atom.